The van der Waals surface area contributed by atoms with Crippen molar-refractivity contribution in [3.05, 3.63) is 42.1 Å². The Morgan fingerprint density at radius 1 is 1.30 bits per heavy atom. The van der Waals surface area contributed by atoms with Gasteiger partial charge in [0.2, 0.25) is 5.95 Å². The molecular formula is C16H20N4O3. The Hall–Kier alpha value is -2.41. The van der Waals surface area contributed by atoms with Crippen LogP contribution in [0.4, 0.5) is 5.95 Å². The Balaban J connectivity index is 1.67. The van der Waals surface area contributed by atoms with Crippen LogP contribution in [0.15, 0.2) is 35.2 Å². The van der Waals surface area contributed by atoms with Crippen LogP contribution in [0.25, 0.3) is 0 Å². The van der Waals surface area contributed by atoms with Crippen LogP contribution in [-0.4, -0.2) is 45.6 Å². The van der Waals surface area contributed by atoms with Crippen LogP contribution in [-0.2, 0) is 0 Å². The molecule has 2 aromatic rings. The first-order valence-corrected chi connectivity index (χ1v) is 7.80. The number of likely N-dealkylation sites (tertiary alicyclic amines) is 1. The number of nitrogens with one attached hydrogen (secondary N) is 1. The zero-order valence-electron chi connectivity index (χ0n) is 12.8. The molecule has 1 aliphatic rings. The summed E-state index contributed by atoms with van der Waals surface area (Å²) in [7, 11) is 0. The molecule has 3 rings (SSSR count). The summed E-state index contributed by atoms with van der Waals surface area (Å²) in [4.78, 5) is 21.3. The second-order valence-electron chi connectivity index (χ2n) is 5.61. The first-order chi connectivity index (χ1) is 11.2. The van der Waals surface area contributed by atoms with Gasteiger partial charge in [-0.25, -0.2) is 14.8 Å². The Labute approximate surface area is 134 Å². The van der Waals surface area contributed by atoms with E-state index in [9.17, 15) is 4.79 Å². The summed E-state index contributed by atoms with van der Waals surface area (Å²) < 4.78 is 5.59. The lowest BCUT2D eigenvalue weighted by molar-refractivity contribution is 0.0696. The first-order valence-electron chi connectivity index (χ1n) is 7.80. The molecule has 0 radical (unpaired) electrons. The van der Waals surface area contributed by atoms with E-state index in [0.29, 0.717) is 12.5 Å². The maximum Gasteiger partial charge on any atom is 0.338 e. The lowest BCUT2D eigenvalue weighted by Gasteiger charge is -2.33. The molecule has 0 bridgehead atoms. The van der Waals surface area contributed by atoms with Crippen molar-refractivity contribution >= 4 is 11.9 Å². The van der Waals surface area contributed by atoms with E-state index in [-0.39, 0.29) is 11.6 Å². The topological polar surface area (TPSA) is 91.5 Å². The number of carboxylic acid groups (broad SMARTS) is 1. The van der Waals surface area contributed by atoms with Crippen LogP contribution >= 0.6 is 0 Å². The summed E-state index contributed by atoms with van der Waals surface area (Å²) in [5.74, 6) is 0.309. The highest BCUT2D eigenvalue weighted by Crippen LogP contribution is 2.25. The number of carbonyl (C=O) groups is 1. The van der Waals surface area contributed by atoms with E-state index in [4.69, 9.17) is 9.52 Å². The second kappa shape index (κ2) is 7.23. The monoisotopic (exact) mass is 316 g/mol. The average Bonchev–Trinajstić information content (AvgIpc) is 3.11. The minimum atomic E-state index is -1.03. The van der Waals surface area contributed by atoms with Gasteiger partial charge in [-0.15, -0.1) is 0 Å². The van der Waals surface area contributed by atoms with E-state index in [1.54, 1.807) is 6.26 Å². The molecule has 23 heavy (non-hydrogen) atoms. The van der Waals surface area contributed by atoms with Gasteiger partial charge in [-0.3, -0.25) is 4.90 Å². The van der Waals surface area contributed by atoms with Crippen LogP contribution in [0.5, 0.6) is 0 Å². The Morgan fingerprint density at radius 2 is 2.04 bits per heavy atom. The van der Waals surface area contributed by atoms with Crippen LogP contribution in [0.3, 0.4) is 0 Å². The van der Waals surface area contributed by atoms with Crippen LogP contribution < -0.4 is 5.32 Å². The smallest absolute Gasteiger partial charge is 0.338 e. The molecule has 2 N–H and O–H groups in total. The molecule has 1 fully saturated rings. The molecule has 0 aromatic carbocycles. The number of furan rings is 1. The van der Waals surface area contributed by atoms with Gasteiger partial charge < -0.3 is 14.8 Å². The molecular weight excluding hydrogens is 296 g/mol. The molecule has 1 unspecified atom stereocenters. The number of aromatic carboxylic acids is 1. The number of hydrogen-bond acceptors (Lipinski definition) is 6. The molecule has 0 amide bonds. The summed E-state index contributed by atoms with van der Waals surface area (Å²) in [5.41, 5.74) is 0.0779. The SMILES string of the molecule is O=C(O)c1cnc(NCC(c2ccco2)N2CCCCC2)nc1. The number of aromatic nitrogens is 2. The second-order valence-corrected chi connectivity index (χ2v) is 5.61. The Morgan fingerprint density at radius 3 is 2.65 bits per heavy atom. The summed E-state index contributed by atoms with van der Waals surface area (Å²) >= 11 is 0. The number of rotatable bonds is 6. The van der Waals surface area contributed by atoms with Crippen molar-refractivity contribution < 1.29 is 14.3 Å². The van der Waals surface area contributed by atoms with Gasteiger partial charge >= 0.3 is 5.97 Å². The summed E-state index contributed by atoms with van der Waals surface area (Å²) in [6, 6.07) is 3.99. The van der Waals surface area contributed by atoms with Gasteiger partial charge in [0, 0.05) is 18.9 Å². The summed E-state index contributed by atoms with van der Waals surface area (Å²) in [6.07, 6.45) is 7.96. The molecule has 1 saturated heterocycles. The van der Waals surface area contributed by atoms with E-state index < -0.39 is 5.97 Å². The lowest BCUT2D eigenvalue weighted by atomic mass is 10.1. The zero-order chi connectivity index (χ0) is 16.1. The van der Waals surface area contributed by atoms with Crippen molar-refractivity contribution in [3.8, 4) is 0 Å². The zero-order valence-corrected chi connectivity index (χ0v) is 12.8. The van der Waals surface area contributed by atoms with Crippen molar-refractivity contribution in [1.29, 1.82) is 0 Å². The largest absolute Gasteiger partial charge is 0.478 e. The quantitative estimate of drug-likeness (QED) is 0.845. The van der Waals surface area contributed by atoms with Gasteiger partial charge in [0.05, 0.1) is 17.9 Å². The highest BCUT2D eigenvalue weighted by molar-refractivity contribution is 5.86. The molecule has 0 spiro atoms. The van der Waals surface area contributed by atoms with Gasteiger partial charge in [-0.2, -0.15) is 0 Å². The minimum absolute atomic E-state index is 0.0779. The van der Waals surface area contributed by atoms with Gasteiger partial charge in [-0.1, -0.05) is 6.42 Å². The van der Waals surface area contributed by atoms with Crippen LogP contribution in [0.1, 0.15) is 41.4 Å². The number of anilines is 1. The fourth-order valence-corrected chi connectivity index (χ4v) is 2.84. The van der Waals surface area contributed by atoms with Crippen molar-refractivity contribution in [2.45, 2.75) is 25.3 Å². The molecule has 7 heteroatoms. The van der Waals surface area contributed by atoms with E-state index in [0.717, 1.165) is 18.8 Å². The van der Waals surface area contributed by atoms with Gasteiger partial charge in [0.15, 0.2) is 0 Å². The van der Waals surface area contributed by atoms with Crippen molar-refractivity contribution in [2.75, 3.05) is 25.0 Å². The summed E-state index contributed by atoms with van der Waals surface area (Å²) in [6.45, 7) is 2.71. The Bertz CT molecular complexity index is 621. The van der Waals surface area contributed by atoms with Crippen LogP contribution in [0, 0.1) is 0 Å². The maximum absolute atomic E-state index is 10.8. The molecule has 1 aliphatic heterocycles. The number of piperidine rings is 1. The fourth-order valence-electron chi connectivity index (χ4n) is 2.84. The van der Waals surface area contributed by atoms with E-state index in [1.165, 1.54) is 31.7 Å². The number of carboxylic acids is 1. The first kappa shape index (κ1) is 15.5. The Kier molecular flexibility index (Phi) is 4.87. The van der Waals surface area contributed by atoms with Crippen molar-refractivity contribution in [3.63, 3.8) is 0 Å². The standard InChI is InChI=1S/C16H20N4O3/c21-15(22)12-9-17-16(18-10-12)19-11-13(14-5-4-8-23-14)20-6-2-1-3-7-20/h4-5,8-10,13H,1-3,6-7,11H2,(H,21,22)(H,17,18,19). The molecule has 3 heterocycles. The third kappa shape index (κ3) is 3.87. The van der Waals surface area contributed by atoms with E-state index in [1.807, 2.05) is 12.1 Å². The lowest BCUT2D eigenvalue weighted by Crippen LogP contribution is -2.37. The number of hydrogen-bond donors (Lipinski definition) is 2. The minimum Gasteiger partial charge on any atom is -0.478 e. The van der Waals surface area contributed by atoms with Gasteiger partial charge in [0.1, 0.15) is 5.76 Å². The molecule has 7 nitrogen and oxygen atoms in total. The van der Waals surface area contributed by atoms with E-state index >= 15 is 0 Å². The third-order valence-electron chi connectivity index (χ3n) is 4.06. The van der Waals surface area contributed by atoms with Crippen LogP contribution in [0.2, 0.25) is 0 Å². The molecule has 1 atom stereocenters. The average molecular weight is 316 g/mol. The van der Waals surface area contributed by atoms with Gasteiger partial charge in [0.25, 0.3) is 0 Å². The van der Waals surface area contributed by atoms with Crippen molar-refractivity contribution in [2.24, 2.45) is 0 Å². The molecule has 2 aromatic heterocycles. The normalized spacial score (nSPS) is 16.9. The number of nitrogens with zero attached hydrogens (tertiary/aromatic N) is 3. The van der Waals surface area contributed by atoms with Gasteiger partial charge in [-0.05, 0) is 38.1 Å². The molecule has 122 valence electrons. The predicted molar refractivity (Wildman–Crippen MR) is 84.4 cm³/mol. The van der Waals surface area contributed by atoms with E-state index in [2.05, 4.69) is 20.2 Å². The fraction of sp³-hybridized carbons (Fsp3) is 0.438. The highest BCUT2D eigenvalue weighted by Gasteiger charge is 2.24. The molecule has 0 aliphatic carbocycles. The summed E-state index contributed by atoms with van der Waals surface area (Å²) in [5, 5.41) is 12.0. The molecule has 0 saturated carbocycles. The predicted octanol–water partition coefficient (Wildman–Crippen LogP) is 2.41. The highest BCUT2D eigenvalue weighted by atomic mass is 16.4. The third-order valence-corrected chi connectivity index (χ3v) is 4.06. The maximum atomic E-state index is 10.8. The van der Waals surface area contributed by atoms with Crippen molar-refractivity contribution in [1.82, 2.24) is 14.9 Å².